The zero-order valence-corrected chi connectivity index (χ0v) is 8.34. The largest absolute Gasteiger partial charge is 0.293 e. The summed E-state index contributed by atoms with van der Waals surface area (Å²) >= 11 is 1.75. The van der Waals surface area contributed by atoms with Crippen molar-refractivity contribution in [3.63, 3.8) is 0 Å². The summed E-state index contributed by atoms with van der Waals surface area (Å²) in [7, 11) is 0. The van der Waals surface area contributed by atoms with E-state index in [2.05, 4.69) is 23.7 Å². The van der Waals surface area contributed by atoms with Gasteiger partial charge in [-0.3, -0.25) is 4.90 Å². The summed E-state index contributed by atoms with van der Waals surface area (Å²) in [6.45, 7) is 6.88. The van der Waals surface area contributed by atoms with Gasteiger partial charge in [-0.25, -0.2) is 4.98 Å². The standard InChI is InChI=1S/C9H14N2S/c1-7-5-11(8(7)2)6-9-10-3-4-12-9/h3-4,7-8H,5-6H2,1-2H3. The van der Waals surface area contributed by atoms with Gasteiger partial charge in [0.15, 0.2) is 0 Å². The molecule has 1 aliphatic rings. The number of hydrogen-bond acceptors (Lipinski definition) is 3. The molecule has 66 valence electrons. The summed E-state index contributed by atoms with van der Waals surface area (Å²) in [5.41, 5.74) is 0. The summed E-state index contributed by atoms with van der Waals surface area (Å²) in [5, 5.41) is 3.29. The van der Waals surface area contributed by atoms with Crippen molar-refractivity contribution < 1.29 is 0 Å². The van der Waals surface area contributed by atoms with Crippen molar-refractivity contribution in [2.45, 2.75) is 26.4 Å². The quantitative estimate of drug-likeness (QED) is 0.695. The number of nitrogens with zero attached hydrogens (tertiary/aromatic N) is 2. The summed E-state index contributed by atoms with van der Waals surface area (Å²) in [6.07, 6.45) is 1.88. The third-order valence-electron chi connectivity index (χ3n) is 2.74. The van der Waals surface area contributed by atoms with Crippen molar-refractivity contribution in [3.05, 3.63) is 16.6 Å². The van der Waals surface area contributed by atoms with Crippen LogP contribution in [0.3, 0.4) is 0 Å². The summed E-state index contributed by atoms with van der Waals surface area (Å²) in [4.78, 5) is 6.75. The molecule has 1 aromatic rings. The molecule has 2 atom stereocenters. The Morgan fingerprint density at radius 1 is 1.67 bits per heavy atom. The highest BCUT2D eigenvalue weighted by atomic mass is 32.1. The fourth-order valence-electron chi connectivity index (χ4n) is 1.62. The van der Waals surface area contributed by atoms with Crippen molar-refractivity contribution in [2.24, 2.45) is 5.92 Å². The second-order valence-corrected chi connectivity index (χ2v) is 4.55. The predicted octanol–water partition coefficient (Wildman–Crippen LogP) is 1.98. The molecule has 0 N–H and O–H groups in total. The first-order valence-corrected chi connectivity index (χ1v) is 5.28. The molecule has 0 saturated carbocycles. The molecule has 12 heavy (non-hydrogen) atoms. The van der Waals surface area contributed by atoms with Gasteiger partial charge < -0.3 is 0 Å². The number of hydrogen-bond donors (Lipinski definition) is 0. The molecule has 0 radical (unpaired) electrons. The predicted molar refractivity (Wildman–Crippen MR) is 51.2 cm³/mol. The molecule has 1 saturated heterocycles. The summed E-state index contributed by atoms with van der Waals surface area (Å²) < 4.78 is 0. The van der Waals surface area contributed by atoms with Crippen molar-refractivity contribution in [1.29, 1.82) is 0 Å². The maximum absolute atomic E-state index is 4.27. The number of rotatable bonds is 2. The lowest BCUT2D eigenvalue weighted by Gasteiger charge is -2.44. The van der Waals surface area contributed by atoms with E-state index in [1.807, 2.05) is 11.6 Å². The van der Waals surface area contributed by atoms with Crippen LogP contribution < -0.4 is 0 Å². The van der Waals surface area contributed by atoms with Crippen LogP contribution in [0.4, 0.5) is 0 Å². The Bertz CT molecular complexity index is 245. The first-order chi connectivity index (χ1) is 5.77. The van der Waals surface area contributed by atoms with Gasteiger partial charge in [0.2, 0.25) is 0 Å². The normalized spacial score (nSPS) is 30.2. The van der Waals surface area contributed by atoms with Gasteiger partial charge in [-0.15, -0.1) is 11.3 Å². The van der Waals surface area contributed by atoms with Gasteiger partial charge in [0, 0.05) is 24.2 Å². The maximum atomic E-state index is 4.27. The lowest BCUT2D eigenvalue weighted by molar-refractivity contribution is 0.0306. The third-order valence-corrected chi connectivity index (χ3v) is 3.51. The summed E-state index contributed by atoms with van der Waals surface area (Å²) in [6, 6.07) is 0.744. The Balaban J connectivity index is 1.90. The highest BCUT2D eigenvalue weighted by Crippen LogP contribution is 2.25. The van der Waals surface area contributed by atoms with Crippen LogP contribution in [-0.4, -0.2) is 22.5 Å². The van der Waals surface area contributed by atoms with E-state index in [1.54, 1.807) is 11.3 Å². The lowest BCUT2D eigenvalue weighted by atomic mass is 9.92. The van der Waals surface area contributed by atoms with E-state index >= 15 is 0 Å². The molecule has 0 bridgehead atoms. The molecular weight excluding hydrogens is 168 g/mol. The SMILES string of the molecule is CC1CN(Cc2nccs2)C1C. The Morgan fingerprint density at radius 2 is 2.50 bits per heavy atom. The van der Waals surface area contributed by atoms with Gasteiger partial charge >= 0.3 is 0 Å². The molecule has 3 heteroatoms. The molecule has 0 aliphatic carbocycles. The van der Waals surface area contributed by atoms with E-state index in [4.69, 9.17) is 0 Å². The molecule has 1 fully saturated rings. The zero-order chi connectivity index (χ0) is 8.55. The van der Waals surface area contributed by atoms with Crippen molar-refractivity contribution in [2.75, 3.05) is 6.54 Å². The van der Waals surface area contributed by atoms with Crippen LogP contribution in [0.15, 0.2) is 11.6 Å². The first kappa shape index (κ1) is 8.20. The lowest BCUT2D eigenvalue weighted by Crippen LogP contribution is -2.52. The second-order valence-electron chi connectivity index (χ2n) is 3.57. The smallest absolute Gasteiger partial charge is 0.107 e. The average molecular weight is 182 g/mol. The first-order valence-electron chi connectivity index (χ1n) is 4.40. The van der Waals surface area contributed by atoms with Gasteiger partial charge in [-0.05, 0) is 12.8 Å². The molecule has 0 aromatic carbocycles. The van der Waals surface area contributed by atoms with E-state index in [-0.39, 0.29) is 0 Å². The molecular formula is C9H14N2S. The zero-order valence-electron chi connectivity index (χ0n) is 7.53. The minimum absolute atomic E-state index is 0.744. The van der Waals surface area contributed by atoms with Gasteiger partial charge in [0.25, 0.3) is 0 Å². The van der Waals surface area contributed by atoms with Crippen LogP contribution in [0.1, 0.15) is 18.9 Å². The van der Waals surface area contributed by atoms with Crippen LogP contribution in [0.5, 0.6) is 0 Å². The Labute approximate surface area is 77.2 Å². The van der Waals surface area contributed by atoms with Gasteiger partial charge in [0.1, 0.15) is 5.01 Å². The fourth-order valence-corrected chi connectivity index (χ4v) is 2.26. The molecule has 0 spiro atoms. The highest BCUT2D eigenvalue weighted by Gasteiger charge is 2.31. The maximum Gasteiger partial charge on any atom is 0.107 e. The fraction of sp³-hybridized carbons (Fsp3) is 0.667. The Morgan fingerprint density at radius 3 is 3.00 bits per heavy atom. The minimum Gasteiger partial charge on any atom is -0.293 e. The molecule has 0 amide bonds. The van der Waals surface area contributed by atoms with Crippen LogP contribution in [0.25, 0.3) is 0 Å². The molecule has 2 heterocycles. The van der Waals surface area contributed by atoms with Gasteiger partial charge in [0.05, 0.1) is 6.54 Å². The Hall–Kier alpha value is -0.410. The van der Waals surface area contributed by atoms with Crippen molar-refractivity contribution >= 4 is 11.3 Å². The summed E-state index contributed by atoms with van der Waals surface area (Å²) in [5.74, 6) is 0.866. The number of likely N-dealkylation sites (tertiary alicyclic amines) is 1. The second kappa shape index (κ2) is 3.15. The minimum atomic E-state index is 0.744. The van der Waals surface area contributed by atoms with Crippen LogP contribution in [0.2, 0.25) is 0 Å². The molecule has 1 aromatic heterocycles. The van der Waals surface area contributed by atoms with E-state index in [0.717, 1.165) is 18.5 Å². The highest BCUT2D eigenvalue weighted by molar-refractivity contribution is 7.09. The van der Waals surface area contributed by atoms with Gasteiger partial charge in [-0.2, -0.15) is 0 Å². The van der Waals surface area contributed by atoms with Crippen LogP contribution in [-0.2, 0) is 6.54 Å². The van der Waals surface area contributed by atoms with E-state index in [9.17, 15) is 0 Å². The third kappa shape index (κ3) is 1.39. The van der Waals surface area contributed by atoms with E-state index in [1.165, 1.54) is 11.6 Å². The number of thiazole rings is 1. The molecule has 1 aliphatic heterocycles. The van der Waals surface area contributed by atoms with Crippen LogP contribution in [0, 0.1) is 5.92 Å². The van der Waals surface area contributed by atoms with Crippen LogP contribution >= 0.6 is 11.3 Å². The van der Waals surface area contributed by atoms with Gasteiger partial charge in [-0.1, -0.05) is 6.92 Å². The van der Waals surface area contributed by atoms with Crippen molar-refractivity contribution in [1.82, 2.24) is 9.88 Å². The molecule has 2 rings (SSSR count). The average Bonchev–Trinajstić information content (AvgIpc) is 2.56. The Kier molecular flexibility index (Phi) is 2.15. The molecule has 2 nitrogen and oxygen atoms in total. The van der Waals surface area contributed by atoms with Crippen molar-refractivity contribution in [3.8, 4) is 0 Å². The topological polar surface area (TPSA) is 16.1 Å². The van der Waals surface area contributed by atoms with E-state index < -0.39 is 0 Å². The monoisotopic (exact) mass is 182 g/mol. The van der Waals surface area contributed by atoms with E-state index in [0.29, 0.717) is 0 Å². The number of aromatic nitrogens is 1. The molecule has 2 unspecified atom stereocenters.